The van der Waals surface area contributed by atoms with E-state index in [4.69, 9.17) is 9.47 Å². The number of carbonyl (C=O) groups excluding carboxylic acids is 1. The monoisotopic (exact) mass is 449 g/mol. The van der Waals surface area contributed by atoms with Crippen molar-refractivity contribution in [3.05, 3.63) is 53.6 Å². The zero-order chi connectivity index (χ0) is 23.2. The number of tetrazole rings is 1. The predicted molar refractivity (Wildman–Crippen MR) is 126 cm³/mol. The minimum Gasteiger partial charge on any atom is -0.493 e. The smallest absolute Gasteiger partial charge is 0.251 e. The number of carbonyl (C=O) groups is 1. The Labute approximate surface area is 194 Å². The van der Waals surface area contributed by atoms with E-state index in [2.05, 4.69) is 32.9 Å². The first kappa shape index (κ1) is 22.8. The molecule has 2 atom stereocenters. The molecule has 33 heavy (non-hydrogen) atoms. The normalized spacial score (nSPS) is 18.0. The summed E-state index contributed by atoms with van der Waals surface area (Å²) < 4.78 is 11.2. The van der Waals surface area contributed by atoms with E-state index in [-0.39, 0.29) is 17.9 Å². The van der Waals surface area contributed by atoms with E-state index < -0.39 is 0 Å². The van der Waals surface area contributed by atoms with Crippen LogP contribution in [0.1, 0.15) is 61.4 Å². The van der Waals surface area contributed by atoms with Crippen LogP contribution in [0.15, 0.2) is 42.5 Å². The van der Waals surface area contributed by atoms with Crippen LogP contribution in [-0.4, -0.2) is 45.9 Å². The van der Waals surface area contributed by atoms with Crippen LogP contribution in [0.2, 0.25) is 0 Å². The summed E-state index contributed by atoms with van der Waals surface area (Å²) in [6, 6.07) is 13.5. The number of hydrogen-bond donors (Lipinski definition) is 1. The highest BCUT2D eigenvalue weighted by atomic mass is 16.5. The topological polar surface area (TPSA) is 91.2 Å². The van der Waals surface area contributed by atoms with Gasteiger partial charge in [-0.3, -0.25) is 4.79 Å². The van der Waals surface area contributed by atoms with Gasteiger partial charge in [0, 0.05) is 23.1 Å². The molecule has 1 amide bonds. The van der Waals surface area contributed by atoms with Crippen molar-refractivity contribution < 1.29 is 14.3 Å². The molecule has 0 radical (unpaired) electrons. The first-order valence-electron chi connectivity index (χ1n) is 11.6. The van der Waals surface area contributed by atoms with E-state index >= 15 is 0 Å². The fourth-order valence-electron chi connectivity index (χ4n) is 4.41. The molecule has 1 N–H and O–H groups in total. The van der Waals surface area contributed by atoms with Gasteiger partial charge >= 0.3 is 0 Å². The molecule has 1 fully saturated rings. The fraction of sp³-hybridized carbons (Fsp3) is 0.440. The van der Waals surface area contributed by atoms with Crippen molar-refractivity contribution in [2.75, 3.05) is 13.7 Å². The summed E-state index contributed by atoms with van der Waals surface area (Å²) >= 11 is 0. The second kappa shape index (κ2) is 10.5. The molecular formula is C25H31N5O3. The average molecular weight is 450 g/mol. The number of aromatic nitrogens is 4. The van der Waals surface area contributed by atoms with Gasteiger partial charge in [-0.2, -0.15) is 4.80 Å². The molecule has 4 rings (SSSR count). The summed E-state index contributed by atoms with van der Waals surface area (Å²) in [7, 11) is 1.65. The number of methoxy groups -OCH3 is 1. The summed E-state index contributed by atoms with van der Waals surface area (Å²) in [6.45, 7) is 5.16. The maximum absolute atomic E-state index is 13.1. The molecule has 1 aliphatic rings. The highest BCUT2D eigenvalue weighted by Gasteiger charge is 2.29. The van der Waals surface area contributed by atoms with Crippen LogP contribution in [0.3, 0.4) is 0 Å². The van der Waals surface area contributed by atoms with Crippen molar-refractivity contribution in [2.45, 2.75) is 58.0 Å². The Kier molecular flexibility index (Phi) is 7.22. The summed E-state index contributed by atoms with van der Waals surface area (Å²) in [4.78, 5) is 14.6. The Morgan fingerprint density at radius 1 is 1.09 bits per heavy atom. The van der Waals surface area contributed by atoms with Gasteiger partial charge in [-0.25, -0.2) is 0 Å². The number of rotatable bonds is 8. The third-order valence-electron chi connectivity index (χ3n) is 6.14. The van der Waals surface area contributed by atoms with Crippen molar-refractivity contribution in [1.82, 2.24) is 25.5 Å². The molecule has 0 unspecified atom stereocenters. The molecule has 2 aromatic carbocycles. The van der Waals surface area contributed by atoms with Gasteiger partial charge in [0.05, 0.1) is 20.3 Å². The lowest BCUT2D eigenvalue weighted by molar-refractivity contribution is 0.0920. The molecule has 1 aliphatic carbocycles. The second-order valence-corrected chi connectivity index (χ2v) is 8.19. The lowest BCUT2D eigenvalue weighted by Crippen LogP contribution is -2.41. The number of amides is 1. The van der Waals surface area contributed by atoms with Crippen LogP contribution < -0.4 is 14.8 Å². The molecule has 8 nitrogen and oxygen atoms in total. The predicted octanol–water partition coefficient (Wildman–Crippen LogP) is 4.22. The minimum atomic E-state index is -0.0674. The third-order valence-corrected chi connectivity index (χ3v) is 6.14. The highest BCUT2D eigenvalue weighted by Crippen LogP contribution is 2.37. The van der Waals surface area contributed by atoms with E-state index in [1.165, 1.54) is 10.4 Å². The van der Waals surface area contributed by atoms with Gasteiger partial charge in [-0.1, -0.05) is 31.0 Å². The first-order chi connectivity index (χ1) is 16.1. The molecule has 174 valence electrons. The number of aryl methyl sites for hydroxylation is 1. The van der Waals surface area contributed by atoms with Crippen molar-refractivity contribution in [3.63, 3.8) is 0 Å². The summed E-state index contributed by atoms with van der Waals surface area (Å²) in [6.07, 6.45) is 4.23. The van der Waals surface area contributed by atoms with Gasteiger partial charge in [-0.15, -0.1) is 10.2 Å². The Bertz CT molecular complexity index is 1080. The van der Waals surface area contributed by atoms with Gasteiger partial charge in [-0.05, 0) is 61.7 Å². The lowest BCUT2D eigenvalue weighted by atomic mass is 9.79. The van der Waals surface area contributed by atoms with Crippen molar-refractivity contribution in [1.29, 1.82) is 0 Å². The van der Waals surface area contributed by atoms with E-state index in [9.17, 15) is 4.79 Å². The van der Waals surface area contributed by atoms with Crippen molar-refractivity contribution in [2.24, 2.45) is 0 Å². The maximum atomic E-state index is 13.1. The zero-order valence-electron chi connectivity index (χ0n) is 19.5. The van der Waals surface area contributed by atoms with E-state index in [1.54, 1.807) is 7.11 Å². The Balaban J connectivity index is 1.48. The summed E-state index contributed by atoms with van der Waals surface area (Å²) in [5.41, 5.74) is 2.63. The summed E-state index contributed by atoms with van der Waals surface area (Å²) in [5.74, 6) is 2.20. The van der Waals surface area contributed by atoms with Crippen molar-refractivity contribution in [3.8, 4) is 22.9 Å². The van der Waals surface area contributed by atoms with Gasteiger partial charge < -0.3 is 14.8 Å². The number of benzene rings is 2. The van der Waals surface area contributed by atoms with E-state index in [1.807, 2.05) is 44.2 Å². The molecule has 8 heteroatoms. The van der Waals surface area contributed by atoms with Crippen LogP contribution in [0, 0.1) is 0 Å². The largest absolute Gasteiger partial charge is 0.493 e. The molecule has 1 aromatic heterocycles. The van der Waals surface area contributed by atoms with E-state index in [0.29, 0.717) is 24.5 Å². The molecule has 1 heterocycles. The highest BCUT2D eigenvalue weighted by molar-refractivity contribution is 5.94. The Morgan fingerprint density at radius 2 is 1.88 bits per heavy atom. The number of hydrogen-bond acceptors (Lipinski definition) is 6. The zero-order valence-corrected chi connectivity index (χ0v) is 19.5. The Morgan fingerprint density at radius 3 is 2.58 bits per heavy atom. The quantitative estimate of drug-likeness (QED) is 0.554. The van der Waals surface area contributed by atoms with Gasteiger partial charge in [0.1, 0.15) is 0 Å². The maximum Gasteiger partial charge on any atom is 0.251 e. The first-order valence-corrected chi connectivity index (χ1v) is 11.6. The van der Waals surface area contributed by atoms with E-state index in [0.717, 1.165) is 42.7 Å². The lowest BCUT2D eigenvalue weighted by Gasteiger charge is -2.33. The number of ether oxygens (including phenoxy) is 2. The molecule has 0 spiro atoms. The van der Waals surface area contributed by atoms with Crippen LogP contribution in [0.25, 0.3) is 11.4 Å². The fourth-order valence-corrected chi connectivity index (χ4v) is 4.41. The number of nitrogens with zero attached hydrogens (tertiary/aromatic N) is 4. The Hall–Kier alpha value is -3.42. The molecule has 0 aliphatic heterocycles. The van der Waals surface area contributed by atoms with Gasteiger partial charge in [0.2, 0.25) is 5.82 Å². The molecular weight excluding hydrogens is 418 g/mol. The second-order valence-electron chi connectivity index (χ2n) is 8.19. The van der Waals surface area contributed by atoms with Crippen LogP contribution in [0.5, 0.6) is 11.5 Å². The van der Waals surface area contributed by atoms with Gasteiger partial charge in [0.15, 0.2) is 11.5 Å². The molecule has 1 saturated carbocycles. The summed E-state index contributed by atoms with van der Waals surface area (Å²) in [5, 5.41) is 15.7. The van der Waals surface area contributed by atoms with Crippen LogP contribution in [0.4, 0.5) is 0 Å². The standard InChI is InChI=1S/C25H31N5O3/c1-4-30-28-24(27-29-30)17-10-12-18(13-11-17)25(31)26-21-9-7-6-8-20(21)19-14-15-22(32-3)23(16-19)33-5-2/h10-16,20-21H,4-9H2,1-3H3,(H,26,31)/t20-,21-/m1/s1. The SMILES string of the molecule is CCOc1cc([C@H]2CCCC[C@H]2NC(=O)c2ccc(-c3nnn(CC)n3)cc2)ccc1OC. The molecule has 0 bridgehead atoms. The van der Waals surface area contributed by atoms with Crippen LogP contribution >= 0.6 is 0 Å². The average Bonchev–Trinajstić information content (AvgIpc) is 3.34. The number of nitrogens with one attached hydrogen (secondary N) is 1. The third kappa shape index (κ3) is 5.16. The molecule has 0 saturated heterocycles. The minimum absolute atomic E-state index is 0.0674. The van der Waals surface area contributed by atoms with Crippen LogP contribution in [-0.2, 0) is 6.54 Å². The molecule has 3 aromatic rings. The van der Waals surface area contributed by atoms with Crippen molar-refractivity contribution >= 4 is 5.91 Å². The van der Waals surface area contributed by atoms with Gasteiger partial charge in [0.25, 0.3) is 5.91 Å².